The van der Waals surface area contributed by atoms with E-state index in [4.69, 9.17) is 16.3 Å². The van der Waals surface area contributed by atoms with Gasteiger partial charge < -0.3 is 4.74 Å². The molecule has 0 aliphatic carbocycles. The fourth-order valence-corrected chi connectivity index (χ4v) is 1.33. The van der Waals surface area contributed by atoms with Gasteiger partial charge in [-0.3, -0.25) is 0 Å². The quantitative estimate of drug-likeness (QED) is 0.672. The average molecular weight is 229 g/mol. The Morgan fingerprint density at radius 3 is 2.73 bits per heavy atom. The third-order valence-electron chi connectivity index (χ3n) is 2.08. The topological polar surface area (TPSA) is 35.0 Å². The van der Waals surface area contributed by atoms with Crippen LogP contribution in [0.25, 0.3) is 0 Å². The number of hydrogen-bond donors (Lipinski definition) is 0. The first-order valence-electron chi connectivity index (χ1n) is 5.38. The Kier molecular flexibility index (Phi) is 6.28. The van der Waals surface area contributed by atoms with Crippen LogP contribution < -0.4 is 0 Å². The zero-order valence-electron chi connectivity index (χ0n) is 9.08. The summed E-state index contributed by atoms with van der Waals surface area (Å²) < 4.78 is 5.46. The van der Waals surface area contributed by atoms with Crippen LogP contribution in [0.4, 0.5) is 0 Å². The highest BCUT2D eigenvalue weighted by atomic mass is 35.5. The molecule has 4 heteroatoms. The van der Waals surface area contributed by atoms with Crippen LogP contribution in [-0.2, 0) is 11.3 Å². The highest BCUT2D eigenvalue weighted by molar-refractivity contribution is 6.29. The third-order valence-corrected chi connectivity index (χ3v) is 2.28. The zero-order valence-corrected chi connectivity index (χ0v) is 9.83. The highest BCUT2D eigenvalue weighted by Gasteiger charge is 1.96. The average Bonchev–Trinajstić information content (AvgIpc) is 2.26. The van der Waals surface area contributed by atoms with Crippen LogP contribution in [0, 0.1) is 0 Å². The molecule has 84 valence electrons. The molecule has 0 aliphatic rings. The van der Waals surface area contributed by atoms with E-state index < -0.39 is 0 Å². The van der Waals surface area contributed by atoms with Gasteiger partial charge in [0.25, 0.3) is 0 Å². The number of nitrogens with zero attached hydrogens (tertiary/aromatic N) is 2. The molecule has 15 heavy (non-hydrogen) atoms. The van der Waals surface area contributed by atoms with Gasteiger partial charge in [-0.25, -0.2) is 0 Å². The van der Waals surface area contributed by atoms with E-state index in [0.29, 0.717) is 11.8 Å². The van der Waals surface area contributed by atoms with Gasteiger partial charge in [0.2, 0.25) is 0 Å². The Hall–Kier alpha value is -0.670. The van der Waals surface area contributed by atoms with Crippen LogP contribution in [0.1, 0.15) is 38.3 Å². The van der Waals surface area contributed by atoms with Crippen molar-refractivity contribution < 1.29 is 4.74 Å². The smallest absolute Gasteiger partial charge is 0.151 e. The van der Waals surface area contributed by atoms with Crippen LogP contribution in [0.2, 0.25) is 5.15 Å². The molecule has 1 rings (SSSR count). The molecular weight excluding hydrogens is 212 g/mol. The molecule has 1 aromatic rings. The van der Waals surface area contributed by atoms with Crippen molar-refractivity contribution in [3.05, 3.63) is 23.0 Å². The van der Waals surface area contributed by atoms with Crippen molar-refractivity contribution in [2.45, 2.75) is 39.2 Å². The van der Waals surface area contributed by atoms with Crippen molar-refractivity contribution >= 4 is 11.6 Å². The molecule has 0 aliphatic heterocycles. The van der Waals surface area contributed by atoms with Crippen molar-refractivity contribution in [1.29, 1.82) is 0 Å². The van der Waals surface area contributed by atoms with Gasteiger partial charge in [0.05, 0.1) is 12.3 Å². The first-order chi connectivity index (χ1) is 7.33. The molecule has 0 aromatic carbocycles. The molecule has 0 bridgehead atoms. The lowest BCUT2D eigenvalue weighted by Crippen LogP contribution is -1.99. The second-order valence-electron chi connectivity index (χ2n) is 3.46. The predicted octanol–water partition coefficient (Wildman–Crippen LogP) is 3.23. The van der Waals surface area contributed by atoms with Crippen LogP contribution in [0.15, 0.2) is 12.1 Å². The molecular formula is C11H17ClN2O. The first-order valence-corrected chi connectivity index (χ1v) is 5.76. The van der Waals surface area contributed by atoms with Crippen LogP contribution in [-0.4, -0.2) is 16.8 Å². The highest BCUT2D eigenvalue weighted by Crippen LogP contribution is 2.04. The fourth-order valence-electron chi connectivity index (χ4n) is 1.23. The number of halogens is 1. The molecule has 0 atom stereocenters. The summed E-state index contributed by atoms with van der Waals surface area (Å²) in [6.07, 6.45) is 4.89. The third kappa shape index (κ3) is 5.70. The normalized spacial score (nSPS) is 10.5. The van der Waals surface area contributed by atoms with E-state index in [1.807, 2.05) is 6.07 Å². The molecule has 0 spiro atoms. The minimum absolute atomic E-state index is 0.418. The molecule has 0 fully saturated rings. The van der Waals surface area contributed by atoms with Gasteiger partial charge in [-0.1, -0.05) is 37.8 Å². The van der Waals surface area contributed by atoms with Gasteiger partial charge in [-0.2, -0.15) is 5.10 Å². The maximum atomic E-state index is 5.62. The minimum atomic E-state index is 0.418. The molecule has 0 amide bonds. The molecule has 0 unspecified atom stereocenters. The Bertz CT molecular complexity index is 264. The van der Waals surface area contributed by atoms with Crippen LogP contribution in [0.3, 0.4) is 0 Å². The van der Waals surface area contributed by atoms with E-state index >= 15 is 0 Å². The summed E-state index contributed by atoms with van der Waals surface area (Å²) in [5.74, 6) is 0. The number of hydrogen-bond acceptors (Lipinski definition) is 3. The van der Waals surface area contributed by atoms with Crippen molar-refractivity contribution in [3.8, 4) is 0 Å². The SMILES string of the molecule is CCCCCCOCc1ccc(Cl)nn1. The van der Waals surface area contributed by atoms with E-state index in [1.54, 1.807) is 6.07 Å². The van der Waals surface area contributed by atoms with Gasteiger partial charge >= 0.3 is 0 Å². The second kappa shape index (κ2) is 7.60. The van der Waals surface area contributed by atoms with Gasteiger partial charge in [0.15, 0.2) is 5.15 Å². The van der Waals surface area contributed by atoms with E-state index in [1.165, 1.54) is 19.3 Å². The van der Waals surface area contributed by atoms with Gasteiger partial charge in [0, 0.05) is 6.61 Å². The summed E-state index contributed by atoms with van der Waals surface area (Å²) in [6.45, 7) is 3.52. The summed E-state index contributed by atoms with van der Waals surface area (Å²) in [5, 5.41) is 8.07. The molecule has 0 saturated heterocycles. The molecule has 1 aromatic heterocycles. The van der Waals surface area contributed by atoms with E-state index in [9.17, 15) is 0 Å². The summed E-state index contributed by atoms with van der Waals surface area (Å²) in [5.41, 5.74) is 0.829. The van der Waals surface area contributed by atoms with Crippen molar-refractivity contribution in [2.24, 2.45) is 0 Å². The first kappa shape index (κ1) is 12.4. The zero-order chi connectivity index (χ0) is 10.9. The molecule has 3 nitrogen and oxygen atoms in total. The summed E-state index contributed by atoms with van der Waals surface area (Å²) in [6, 6.07) is 3.56. The maximum absolute atomic E-state index is 5.62. The second-order valence-corrected chi connectivity index (χ2v) is 3.85. The Labute approximate surface area is 95.8 Å². The standard InChI is InChI=1S/C11H17ClN2O/c1-2-3-4-5-8-15-9-10-6-7-11(12)14-13-10/h6-7H,2-5,8-9H2,1H3. The monoisotopic (exact) mass is 228 g/mol. The van der Waals surface area contributed by atoms with Gasteiger partial charge in [-0.15, -0.1) is 5.10 Å². The fraction of sp³-hybridized carbons (Fsp3) is 0.636. The van der Waals surface area contributed by atoms with Crippen molar-refractivity contribution in [3.63, 3.8) is 0 Å². The summed E-state index contributed by atoms with van der Waals surface area (Å²) in [7, 11) is 0. The van der Waals surface area contributed by atoms with E-state index in [2.05, 4.69) is 17.1 Å². The lowest BCUT2D eigenvalue weighted by molar-refractivity contribution is 0.113. The largest absolute Gasteiger partial charge is 0.375 e. The Balaban J connectivity index is 2.07. The maximum Gasteiger partial charge on any atom is 0.151 e. The Morgan fingerprint density at radius 2 is 2.07 bits per heavy atom. The van der Waals surface area contributed by atoms with Crippen molar-refractivity contribution in [2.75, 3.05) is 6.61 Å². The molecule has 1 heterocycles. The number of ether oxygens (including phenoxy) is 1. The number of unbranched alkanes of at least 4 members (excludes halogenated alkanes) is 3. The van der Waals surface area contributed by atoms with Crippen LogP contribution in [0.5, 0.6) is 0 Å². The lowest BCUT2D eigenvalue weighted by Gasteiger charge is -2.02. The van der Waals surface area contributed by atoms with E-state index in [-0.39, 0.29) is 0 Å². The molecule has 0 radical (unpaired) electrons. The predicted molar refractivity (Wildman–Crippen MR) is 60.8 cm³/mol. The Morgan fingerprint density at radius 1 is 1.20 bits per heavy atom. The molecule has 0 saturated carbocycles. The number of rotatable bonds is 7. The minimum Gasteiger partial charge on any atom is -0.375 e. The van der Waals surface area contributed by atoms with Gasteiger partial charge in [-0.05, 0) is 18.6 Å². The summed E-state index contributed by atoms with van der Waals surface area (Å²) >= 11 is 5.62. The number of aromatic nitrogens is 2. The summed E-state index contributed by atoms with van der Waals surface area (Å²) in [4.78, 5) is 0. The van der Waals surface area contributed by atoms with Crippen molar-refractivity contribution in [1.82, 2.24) is 10.2 Å². The van der Waals surface area contributed by atoms with Crippen LogP contribution >= 0.6 is 11.6 Å². The van der Waals surface area contributed by atoms with Gasteiger partial charge in [0.1, 0.15) is 0 Å². The van der Waals surface area contributed by atoms with E-state index in [0.717, 1.165) is 18.7 Å². The molecule has 0 N–H and O–H groups in total. The lowest BCUT2D eigenvalue weighted by atomic mass is 10.2.